The van der Waals surface area contributed by atoms with Crippen molar-refractivity contribution >= 4 is 9.93 Å². The van der Waals surface area contributed by atoms with Crippen molar-refractivity contribution in [3.63, 3.8) is 0 Å². The highest BCUT2D eigenvalue weighted by Gasteiger charge is 1.93. The van der Waals surface area contributed by atoms with Gasteiger partial charge in [-0.2, -0.15) is 0 Å². The third-order valence-electron chi connectivity index (χ3n) is 0.781. The van der Waals surface area contributed by atoms with Crippen LogP contribution in [0.4, 0.5) is 0 Å². The van der Waals surface area contributed by atoms with Gasteiger partial charge >= 0.3 is 0 Å². The molecule has 0 bridgehead atoms. The van der Waals surface area contributed by atoms with E-state index >= 15 is 0 Å². The normalized spacial score (nSPS) is 14.9. The Morgan fingerprint density at radius 3 is 2.12 bits per heavy atom. The van der Waals surface area contributed by atoms with E-state index in [-0.39, 0.29) is 0 Å². The van der Waals surface area contributed by atoms with Gasteiger partial charge in [-0.3, -0.25) is 4.21 Å². The minimum absolute atomic E-state index is 0.740. The summed E-state index contributed by atoms with van der Waals surface area (Å²) in [6, 6.07) is 0. The first-order chi connectivity index (χ1) is 3.56. The summed E-state index contributed by atoms with van der Waals surface area (Å²) in [6.45, 7) is 1.94. The molecule has 0 amide bonds. The van der Waals surface area contributed by atoms with E-state index in [4.69, 9.17) is 0 Å². The van der Waals surface area contributed by atoms with E-state index in [1.807, 2.05) is 19.1 Å². The van der Waals surface area contributed by atoms with E-state index in [0.717, 1.165) is 5.75 Å². The molecule has 0 aromatic rings. The molecule has 0 fully saturated rings. The van der Waals surface area contributed by atoms with E-state index in [1.165, 1.54) is 0 Å². The summed E-state index contributed by atoms with van der Waals surface area (Å²) in [5.41, 5.74) is 0. The lowest BCUT2D eigenvalue weighted by Crippen LogP contribution is -2.08. The monoisotopic (exact) mass is 134 g/mol. The van der Waals surface area contributed by atoms with Gasteiger partial charge < -0.3 is 0 Å². The van der Waals surface area contributed by atoms with Gasteiger partial charge in [0.25, 0.3) is 0 Å². The lowest BCUT2D eigenvalue weighted by molar-refractivity contribution is 0.680. The minimum atomic E-state index is -1.77. The van der Waals surface area contributed by atoms with Crippen molar-refractivity contribution in [1.29, 1.82) is 0 Å². The summed E-state index contributed by atoms with van der Waals surface area (Å²) in [6.07, 6.45) is 7.47. The van der Waals surface area contributed by atoms with E-state index in [1.54, 1.807) is 12.5 Å². The predicted octanol–water partition coefficient (Wildman–Crippen LogP) is 0.839. The summed E-state index contributed by atoms with van der Waals surface area (Å²) >= 11 is 0. The maximum absolute atomic E-state index is 10.9. The average molecular weight is 134 g/mol. The molecule has 1 nitrogen and oxygen atoms in total. The van der Waals surface area contributed by atoms with Crippen molar-refractivity contribution in [2.45, 2.75) is 6.92 Å². The maximum Gasteiger partial charge on any atom is 0.0188 e. The summed E-state index contributed by atoms with van der Waals surface area (Å²) in [4.78, 5) is 0. The van der Waals surface area contributed by atoms with Gasteiger partial charge in [0, 0.05) is 5.75 Å². The van der Waals surface area contributed by atoms with Crippen LogP contribution >= 0.6 is 0 Å². The first kappa shape index (κ1) is 7.89. The summed E-state index contributed by atoms with van der Waals surface area (Å²) in [7, 11) is -1.77. The highest BCUT2D eigenvalue weighted by molar-refractivity contribution is 8.01. The van der Waals surface area contributed by atoms with Crippen molar-refractivity contribution in [2.75, 3.05) is 18.3 Å². The van der Waals surface area contributed by atoms with Gasteiger partial charge in [0.2, 0.25) is 0 Å². The largest absolute Gasteiger partial charge is 0.285 e. The molecule has 0 aliphatic carbocycles. The Kier molecular flexibility index (Phi) is 2.98. The van der Waals surface area contributed by atoms with Crippen molar-refractivity contribution in [3.05, 3.63) is 12.2 Å². The summed E-state index contributed by atoms with van der Waals surface area (Å²) < 4.78 is 10.9. The average Bonchev–Trinajstić information content (AvgIpc) is 1.59. The Hall–Kier alpha value is -0.110. The SMILES string of the molecule is C/C=C\C[SH](C)(C)=O. The Morgan fingerprint density at radius 2 is 2.00 bits per heavy atom. The molecular formula is C6H14OS. The second-order valence-electron chi connectivity index (χ2n) is 2.33. The van der Waals surface area contributed by atoms with Crippen LogP contribution in [-0.4, -0.2) is 22.5 Å². The molecule has 8 heavy (non-hydrogen) atoms. The van der Waals surface area contributed by atoms with Gasteiger partial charge in [-0.15, -0.1) is 9.93 Å². The molecule has 0 saturated carbocycles. The van der Waals surface area contributed by atoms with Crippen LogP contribution in [-0.2, 0) is 9.93 Å². The van der Waals surface area contributed by atoms with Crippen LogP contribution in [0.1, 0.15) is 6.92 Å². The molecule has 0 aliphatic rings. The molecule has 0 radical (unpaired) electrons. The molecule has 0 saturated heterocycles. The molecule has 0 rings (SSSR count). The zero-order valence-corrected chi connectivity index (χ0v) is 6.61. The van der Waals surface area contributed by atoms with Gasteiger partial charge in [-0.1, -0.05) is 12.2 Å². The molecule has 0 heterocycles. The van der Waals surface area contributed by atoms with Gasteiger partial charge in [-0.05, 0) is 19.4 Å². The third-order valence-corrected chi connectivity index (χ3v) is 1.87. The third kappa shape index (κ3) is 5.89. The van der Waals surface area contributed by atoms with E-state index in [9.17, 15) is 4.21 Å². The second-order valence-corrected chi connectivity index (χ2v) is 5.84. The standard InChI is InChI=1S/C6H14OS/c1-4-5-6-8(2,3)7/h4-5,8H,6H2,1-3H3/b5-4-. The Balaban J connectivity index is 3.57. The van der Waals surface area contributed by atoms with Gasteiger partial charge in [0.15, 0.2) is 0 Å². The van der Waals surface area contributed by atoms with Crippen LogP contribution < -0.4 is 0 Å². The minimum Gasteiger partial charge on any atom is -0.285 e. The predicted molar refractivity (Wildman–Crippen MR) is 41.1 cm³/mol. The van der Waals surface area contributed by atoms with Crippen LogP contribution in [0.5, 0.6) is 0 Å². The van der Waals surface area contributed by atoms with Crippen LogP contribution in [0, 0.1) is 0 Å². The summed E-state index contributed by atoms with van der Waals surface area (Å²) in [5.74, 6) is 0.740. The quantitative estimate of drug-likeness (QED) is 0.437. The van der Waals surface area contributed by atoms with Gasteiger partial charge in [0.1, 0.15) is 0 Å². The Labute approximate surface area is 52.2 Å². The highest BCUT2D eigenvalue weighted by atomic mass is 32.2. The van der Waals surface area contributed by atoms with E-state index in [0.29, 0.717) is 0 Å². The molecule has 0 spiro atoms. The number of hydrogen-bond acceptors (Lipinski definition) is 1. The Bertz CT molecular complexity index is 120. The van der Waals surface area contributed by atoms with Crippen molar-refractivity contribution in [1.82, 2.24) is 0 Å². The first-order valence-electron chi connectivity index (χ1n) is 2.71. The van der Waals surface area contributed by atoms with Crippen LogP contribution in [0.15, 0.2) is 12.2 Å². The number of rotatable bonds is 2. The molecule has 0 N–H and O–H groups in total. The number of hydrogen-bond donors (Lipinski definition) is 1. The fourth-order valence-corrected chi connectivity index (χ4v) is 1.08. The molecule has 2 heteroatoms. The lowest BCUT2D eigenvalue weighted by atomic mass is 10.6. The van der Waals surface area contributed by atoms with Crippen LogP contribution in [0.2, 0.25) is 0 Å². The zero-order valence-electron chi connectivity index (χ0n) is 5.72. The lowest BCUT2D eigenvalue weighted by Gasteiger charge is -2.05. The topological polar surface area (TPSA) is 17.1 Å². The van der Waals surface area contributed by atoms with Gasteiger partial charge in [0.05, 0.1) is 0 Å². The van der Waals surface area contributed by atoms with Crippen molar-refractivity contribution in [2.24, 2.45) is 0 Å². The molecule has 0 aromatic carbocycles. The molecule has 0 aliphatic heterocycles. The van der Waals surface area contributed by atoms with Crippen LogP contribution in [0.25, 0.3) is 0 Å². The number of thiol groups is 1. The molecular weight excluding hydrogens is 120 g/mol. The van der Waals surface area contributed by atoms with Crippen molar-refractivity contribution in [3.8, 4) is 0 Å². The first-order valence-corrected chi connectivity index (χ1v) is 5.50. The van der Waals surface area contributed by atoms with E-state index < -0.39 is 9.93 Å². The Morgan fingerprint density at radius 1 is 1.50 bits per heavy atom. The molecule has 0 aromatic heterocycles. The summed E-state index contributed by atoms with van der Waals surface area (Å²) in [5, 5.41) is 0. The van der Waals surface area contributed by atoms with Crippen molar-refractivity contribution < 1.29 is 4.21 Å². The van der Waals surface area contributed by atoms with Gasteiger partial charge in [-0.25, -0.2) is 0 Å². The molecule has 0 atom stereocenters. The van der Waals surface area contributed by atoms with Crippen LogP contribution in [0.3, 0.4) is 0 Å². The highest BCUT2D eigenvalue weighted by Crippen LogP contribution is 1.91. The fraction of sp³-hybridized carbons (Fsp3) is 0.667. The smallest absolute Gasteiger partial charge is 0.0188 e. The number of allylic oxidation sites excluding steroid dienone is 1. The molecule has 0 unspecified atom stereocenters. The zero-order chi connectivity index (χ0) is 6.62. The maximum atomic E-state index is 10.9. The van der Waals surface area contributed by atoms with E-state index in [2.05, 4.69) is 0 Å². The fourth-order valence-electron chi connectivity index (χ4n) is 0.359. The second kappa shape index (κ2) is 3.02. The molecule has 50 valence electrons.